The molecule has 1 atom stereocenters. The van der Waals surface area contributed by atoms with Crippen molar-refractivity contribution in [1.29, 1.82) is 0 Å². The van der Waals surface area contributed by atoms with Crippen LogP contribution in [-0.4, -0.2) is 20.8 Å². The summed E-state index contributed by atoms with van der Waals surface area (Å²) in [7, 11) is -2.38. The van der Waals surface area contributed by atoms with Gasteiger partial charge in [-0.05, 0) is 42.5 Å². The summed E-state index contributed by atoms with van der Waals surface area (Å²) in [5.74, 6) is 0.755. The molecule has 18 heavy (non-hydrogen) atoms. The fourth-order valence-electron chi connectivity index (χ4n) is 2.13. The van der Waals surface area contributed by atoms with E-state index in [1.54, 1.807) is 13.2 Å². The van der Waals surface area contributed by atoms with Crippen molar-refractivity contribution in [1.82, 2.24) is 0 Å². The Morgan fingerprint density at radius 1 is 1.33 bits per heavy atom. The van der Waals surface area contributed by atoms with E-state index in [1.807, 2.05) is 12.1 Å². The zero-order valence-corrected chi connectivity index (χ0v) is 13.2. The zero-order valence-electron chi connectivity index (χ0n) is 10.4. The van der Waals surface area contributed by atoms with Gasteiger partial charge in [-0.25, -0.2) is 0 Å². The summed E-state index contributed by atoms with van der Waals surface area (Å²) in [5, 5.41) is 9.42. The fourth-order valence-corrected chi connectivity index (χ4v) is 3.03. The van der Waals surface area contributed by atoms with Gasteiger partial charge in [-0.15, -0.1) is 0 Å². The Hall–Kier alpha value is -0.110. The molecule has 1 aromatic carbocycles. The third-order valence-electron chi connectivity index (χ3n) is 3.10. The van der Waals surface area contributed by atoms with E-state index in [0.29, 0.717) is 19.3 Å². The molecular formula is C11H13NaO5S. The Balaban J connectivity index is 0.00000162. The summed E-state index contributed by atoms with van der Waals surface area (Å²) in [5.41, 5.74) is 2.00. The molecule has 1 unspecified atom stereocenters. The third-order valence-corrected chi connectivity index (χ3v) is 4.51. The second-order valence-electron chi connectivity index (χ2n) is 4.06. The van der Waals surface area contributed by atoms with Gasteiger partial charge in [0.05, 0.1) is 12.4 Å². The average molecular weight is 280 g/mol. The van der Waals surface area contributed by atoms with Crippen LogP contribution >= 0.6 is 0 Å². The molecule has 1 aliphatic rings. The Morgan fingerprint density at radius 2 is 2.06 bits per heavy atom. The number of fused-ring (bicyclic) bond motifs is 1. The number of ether oxygens (including phenoxy) is 1. The van der Waals surface area contributed by atoms with Crippen LogP contribution in [0.1, 0.15) is 17.5 Å². The third kappa shape index (κ3) is 3.26. The van der Waals surface area contributed by atoms with Gasteiger partial charge in [-0.2, -0.15) is 8.42 Å². The van der Waals surface area contributed by atoms with Crippen LogP contribution in [0.5, 0.6) is 5.75 Å². The molecule has 1 aromatic rings. The normalized spacial score (nSPS) is 18.7. The van der Waals surface area contributed by atoms with Crippen molar-refractivity contribution < 1.29 is 52.3 Å². The van der Waals surface area contributed by atoms with Gasteiger partial charge in [0.2, 0.25) is 0 Å². The minimum Gasteiger partial charge on any atom is -0.707 e. The Morgan fingerprint density at radius 3 is 2.67 bits per heavy atom. The average Bonchev–Trinajstić information content (AvgIpc) is 2.37. The van der Waals surface area contributed by atoms with E-state index in [1.165, 1.54) is 0 Å². The van der Waals surface area contributed by atoms with Crippen LogP contribution in [0.15, 0.2) is 18.2 Å². The molecule has 0 aromatic heterocycles. The van der Waals surface area contributed by atoms with Crippen LogP contribution in [0.2, 0.25) is 0 Å². The maximum Gasteiger partial charge on any atom is 1.00 e. The SMILES string of the molecule is COc1ccc2c(c1)CCC(S(=O)(=O)O[O-])C2.[Na+]. The van der Waals surface area contributed by atoms with Crippen molar-refractivity contribution in [2.45, 2.75) is 24.5 Å². The minimum absolute atomic E-state index is 0. The monoisotopic (exact) mass is 280 g/mol. The number of hydrogen-bond acceptors (Lipinski definition) is 5. The predicted octanol–water partition coefficient (Wildman–Crippen LogP) is -2.82. The Bertz CT molecular complexity index is 514. The van der Waals surface area contributed by atoms with Crippen molar-refractivity contribution in [3.63, 3.8) is 0 Å². The summed E-state index contributed by atoms with van der Waals surface area (Å²) in [6.07, 6.45) is 1.34. The maximum atomic E-state index is 11.3. The molecule has 5 nitrogen and oxygen atoms in total. The summed E-state index contributed by atoms with van der Waals surface area (Å²) in [6, 6.07) is 5.52. The second kappa shape index (κ2) is 6.36. The summed E-state index contributed by atoms with van der Waals surface area (Å²) < 4.78 is 31.1. The van der Waals surface area contributed by atoms with Gasteiger partial charge >= 0.3 is 29.6 Å². The number of rotatable bonds is 3. The van der Waals surface area contributed by atoms with Gasteiger partial charge in [-0.3, -0.25) is 0 Å². The summed E-state index contributed by atoms with van der Waals surface area (Å²) in [6.45, 7) is 0. The van der Waals surface area contributed by atoms with Gasteiger partial charge in [0.15, 0.2) is 0 Å². The van der Waals surface area contributed by atoms with Gasteiger partial charge in [0.1, 0.15) is 5.75 Å². The molecule has 0 fully saturated rings. The number of methoxy groups -OCH3 is 1. The number of aryl methyl sites for hydroxylation is 1. The Labute approximate surface area is 128 Å². The first-order valence-electron chi connectivity index (χ1n) is 5.28. The van der Waals surface area contributed by atoms with Gasteiger partial charge in [0, 0.05) is 0 Å². The van der Waals surface area contributed by atoms with Crippen LogP contribution in [0.4, 0.5) is 0 Å². The summed E-state index contributed by atoms with van der Waals surface area (Å²) in [4.78, 5) is 0. The molecule has 0 saturated carbocycles. The Kier molecular flexibility index (Phi) is 5.64. The van der Waals surface area contributed by atoms with Crippen LogP contribution < -0.4 is 39.6 Å². The molecule has 7 heteroatoms. The molecule has 0 spiro atoms. The maximum absolute atomic E-state index is 11.3. The van der Waals surface area contributed by atoms with Gasteiger partial charge in [0.25, 0.3) is 10.1 Å². The molecule has 0 aliphatic heterocycles. The molecule has 0 N–H and O–H groups in total. The minimum atomic E-state index is -3.97. The van der Waals surface area contributed by atoms with E-state index < -0.39 is 15.4 Å². The van der Waals surface area contributed by atoms with E-state index in [9.17, 15) is 13.7 Å². The molecule has 0 saturated heterocycles. The molecule has 94 valence electrons. The predicted molar refractivity (Wildman–Crippen MR) is 58.8 cm³/mol. The largest absolute Gasteiger partial charge is 1.00 e. The van der Waals surface area contributed by atoms with Crippen molar-refractivity contribution in [2.75, 3.05) is 7.11 Å². The quantitative estimate of drug-likeness (QED) is 0.339. The molecular weight excluding hydrogens is 267 g/mol. The van der Waals surface area contributed by atoms with Gasteiger partial charge < -0.3 is 14.3 Å². The van der Waals surface area contributed by atoms with Crippen molar-refractivity contribution in [2.24, 2.45) is 0 Å². The first kappa shape index (κ1) is 15.9. The smallest absolute Gasteiger partial charge is 0.707 e. The number of benzene rings is 1. The van der Waals surface area contributed by atoms with Crippen LogP contribution in [0, 0.1) is 0 Å². The van der Waals surface area contributed by atoms with E-state index >= 15 is 0 Å². The summed E-state index contributed by atoms with van der Waals surface area (Å²) >= 11 is 0. The molecule has 1 aliphatic carbocycles. The molecule has 2 rings (SSSR count). The van der Waals surface area contributed by atoms with Crippen LogP contribution in [0.3, 0.4) is 0 Å². The van der Waals surface area contributed by atoms with Crippen molar-refractivity contribution in [3.05, 3.63) is 29.3 Å². The zero-order chi connectivity index (χ0) is 12.5. The molecule has 0 heterocycles. The van der Waals surface area contributed by atoms with E-state index in [2.05, 4.69) is 4.33 Å². The van der Waals surface area contributed by atoms with Crippen LogP contribution in [-0.2, 0) is 27.3 Å². The van der Waals surface area contributed by atoms with E-state index in [4.69, 9.17) is 4.74 Å². The molecule has 0 radical (unpaired) electrons. The van der Waals surface area contributed by atoms with Crippen molar-refractivity contribution >= 4 is 10.1 Å². The standard InChI is InChI=1S/C11H14O5S.Na/c1-15-10-4-2-9-7-11(17(13,14)16-12)5-3-8(9)6-10;/h2,4,6,11-12H,3,5,7H2,1H3;/q;+1/p-1. The molecule has 0 amide bonds. The number of hydrogen-bond donors (Lipinski definition) is 0. The van der Waals surface area contributed by atoms with Crippen molar-refractivity contribution in [3.8, 4) is 5.75 Å². The van der Waals surface area contributed by atoms with E-state index in [-0.39, 0.29) is 29.6 Å². The van der Waals surface area contributed by atoms with Gasteiger partial charge in [-0.1, -0.05) is 6.07 Å². The van der Waals surface area contributed by atoms with Crippen LogP contribution in [0.25, 0.3) is 0 Å². The fraction of sp³-hybridized carbons (Fsp3) is 0.455. The first-order chi connectivity index (χ1) is 8.06. The van der Waals surface area contributed by atoms with E-state index in [0.717, 1.165) is 16.9 Å². The molecule has 0 bridgehead atoms. The first-order valence-corrected chi connectivity index (χ1v) is 6.75. The second-order valence-corrected chi connectivity index (χ2v) is 5.85. The topological polar surface area (TPSA) is 75.7 Å².